The second kappa shape index (κ2) is 6.70. The van der Waals surface area contributed by atoms with E-state index in [1.807, 2.05) is 51.1 Å². The molecule has 1 aliphatic heterocycles. The molecule has 0 bridgehead atoms. The molecule has 0 unspecified atom stereocenters. The Labute approximate surface area is 149 Å². The normalized spacial score (nSPS) is 21.7. The zero-order chi connectivity index (χ0) is 18.1. The van der Waals surface area contributed by atoms with E-state index in [1.165, 1.54) is 0 Å². The molecule has 136 valence electrons. The summed E-state index contributed by atoms with van der Waals surface area (Å²) in [5, 5.41) is 0. The summed E-state index contributed by atoms with van der Waals surface area (Å²) in [4.78, 5) is 26.2. The highest BCUT2D eigenvalue weighted by molar-refractivity contribution is 5.77. The fourth-order valence-corrected chi connectivity index (χ4v) is 3.52. The minimum Gasteiger partial charge on any atom is -0.461 e. The van der Waals surface area contributed by atoms with Crippen LogP contribution in [0.15, 0.2) is 30.3 Å². The van der Waals surface area contributed by atoms with Gasteiger partial charge in [0, 0.05) is 13.1 Å². The number of carbonyl (C=O) groups excluding carboxylic acids is 2. The van der Waals surface area contributed by atoms with E-state index in [9.17, 15) is 9.59 Å². The lowest BCUT2D eigenvalue weighted by molar-refractivity contribution is -0.147. The Morgan fingerprint density at radius 1 is 1.16 bits per heavy atom. The van der Waals surface area contributed by atoms with Crippen molar-refractivity contribution in [1.29, 1.82) is 0 Å². The Kier molecular flexibility index (Phi) is 4.76. The molecule has 2 aliphatic rings. The van der Waals surface area contributed by atoms with Gasteiger partial charge in [0.1, 0.15) is 12.2 Å². The molecule has 1 aliphatic carbocycles. The Morgan fingerprint density at radius 2 is 1.80 bits per heavy atom. The summed E-state index contributed by atoms with van der Waals surface area (Å²) < 4.78 is 10.9. The number of hydrogen-bond donors (Lipinski definition) is 0. The van der Waals surface area contributed by atoms with Crippen molar-refractivity contribution in [3.05, 3.63) is 35.9 Å². The third-order valence-electron chi connectivity index (χ3n) is 5.11. The standard InChI is InChI=1S/C20H27NO4/c1-19(2,3)25-18(23)21-11-9-20(10-12-21)13-16(20)17(22)24-14-15-7-5-4-6-8-15/h4-8,16H,9-14H2,1-3H3/t16-/m1/s1. The number of benzene rings is 1. The second-order valence-electron chi connectivity index (χ2n) is 8.18. The van der Waals surface area contributed by atoms with E-state index >= 15 is 0 Å². The highest BCUT2D eigenvalue weighted by Crippen LogP contribution is 2.59. The van der Waals surface area contributed by atoms with E-state index < -0.39 is 5.60 Å². The molecule has 0 aromatic heterocycles. The average molecular weight is 345 g/mol. The van der Waals surface area contributed by atoms with Gasteiger partial charge in [0.2, 0.25) is 0 Å². The molecule has 1 atom stereocenters. The number of rotatable bonds is 3. The SMILES string of the molecule is CC(C)(C)OC(=O)N1CCC2(CC1)C[C@@H]2C(=O)OCc1ccccc1. The maximum atomic E-state index is 12.3. The van der Waals surface area contributed by atoms with Gasteiger partial charge in [0.15, 0.2) is 0 Å². The molecule has 1 saturated carbocycles. The highest BCUT2D eigenvalue weighted by Gasteiger charge is 2.59. The van der Waals surface area contributed by atoms with Gasteiger partial charge in [-0.15, -0.1) is 0 Å². The van der Waals surface area contributed by atoms with Crippen LogP contribution in [-0.4, -0.2) is 35.7 Å². The van der Waals surface area contributed by atoms with E-state index in [0.29, 0.717) is 19.7 Å². The molecule has 1 saturated heterocycles. The molecule has 0 N–H and O–H groups in total. The molecular weight excluding hydrogens is 318 g/mol. The largest absolute Gasteiger partial charge is 0.461 e. The minimum atomic E-state index is -0.477. The van der Waals surface area contributed by atoms with Crippen LogP contribution in [0.4, 0.5) is 4.79 Å². The molecule has 1 amide bonds. The van der Waals surface area contributed by atoms with Gasteiger partial charge >= 0.3 is 12.1 Å². The minimum absolute atomic E-state index is 0.0167. The lowest BCUT2D eigenvalue weighted by Crippen LogP contribution is -2.42. The van der Waals surface area contributed by atoms with Crippen LogP contribution in [0.1, 0.15) is 45.6 Å². The van der Waals surface area contributed by atoms with E-state index in [2.05, 4.69) is 0 Å². The lowest BCUT2D eigenvalue weighted by atomic mass is 9.91. The van der Waals surface area contributed by atoms with Crippen molar-refractivity contribution in [3.8, 4) is 0 Å². The molecule has 1 spiro atoms. The predicted octanol–water partition coefficient (Wildman–Crippen LogP) is 3.77. The van der Waals surface area contributed by atoms with Gasteiger partial charge in [-0.2, -0.15) is 0 Å². The van der Waals surface area contributed by atoms with E-state index in [-0.39, 0.29) is 23.4 Å². The van der Waals surface area contributed by atoms with Crippen LogP contribution in [0.3, 0.4) is 0 Å². The first-order valence-electron chi connectivity index (χ1n) is 8.98. The first-order valence-corrected chi connectivity index (χ1v) is 8.98. The Bertz CT molecular complexity index is 627. The van der Waals surface area contributed by atoms with Gasteiger partial charge in [-0.25, -0.2) is 4.79 Å². The Hall–Kier alpha value is -2.04. The van der Waals surface area contributed by atoms with Crippen molar-refractivity contribution in [2.24, 2.45) is 11.3 Å². The maximum absolute atomic E-state index is 12.3. The van der Waals surface area contributed by atoms with Gasteiger partial charge in [0.05, 0.1) is 5.92 Å². The summed E-state index contributed by atoms with van der Waals surface area (Å²) in [6.07, 6.45) is 2.31. The first kappa shape index (κ1) is 17.8. The molecule has 1 aromatic carbocycles. The number of carbonyl (C=O) groups is 2. The van der Waals surface area contributed by atoms with Crippen LogP contribution >= 0.6 is 0 Å². The number of amides is 1. The quantitative estimate of drug-likeness (QED) is 0.783. The zero-order valence-corrected chi connectivity index (χ0v) is 15.3. The number of hydrogen-bond acceptors (Lipinski definition) is 4. The van der Waals surface area contributed by atoms with Crippen LogP contribution in [0.2, 0.25) is 0 Å². The molecule has 1 aromatic rings. The van der Waals surface area contributed by atoms with E-state index in [0.717, 1.165) is 24.8 Å². The van der Waals surface area contributed by atoms with Crippen LogP contribution in [0.5, 0.6) is 0 Å². The molecule has 25 heavy (non-hydrogen) atoms. The fourth-order valence-electron chi connectivity index (χ4n) is 3.52. The monoisotopic (exact) mass is 345 g/mol. The van der Waals surface area contributed by atoms with Crippen molar-refractivity contribution in [2.75, 3.05) is 13.1 Å². The molecular formula is C20H27NO4. The topological polar surface area (TPSA) is 55.8 Å². The van der Waals surface area contributed by atoms with Crippen molar-refractivity contribution in [2.45, 2.75) is 52.2 Å². The summed E-state index contributed by atoms with van der Waals surface area (Å²) in [7, 11) is 0. The number of piperidine rings is 1. The highest BCUT2D eigenvalue weighted by atomic mass is 16.6. The molecule has 0 radical (unpaired) electrons. The predicted molar refractivity (Wildman–Crippen MR) is 93.8 cm³/mol. The second-order valence-corrected chi connectivity index (χ2v) is 8.18. The number of likely N-dealkylation sites (tertiary alicyclic amines) is 1. The van der Waals surface area contributed by atoms with Crippen LogP contribution < -0.4 is 0 Å². The van der Waals surface area contributed by atoms with Crippen LogP contribution in [-0.2, 0) is 20.9 Å². The molecule has 5 nitrogen and oxygen atoms in total. The molecule has 3 rings (SSSR count). The molecule has 1 heterocycles. The van der Waals surface area contributed by atoms with Crippen LogP contribution in [0, 0.1) is 11.3 Å². The third-order valence-corrected chi connectivity index (χ3v) is 5.11. The van der Waals surface area contributed by atoms with Crippen molar-refractivity contribution >= 4 is 12.1 Å². The third kappa shape index (κ3) is 4.33. The van der Waals surface area contributed by atoms with Gasteiger partial charge in [-0.3, -0.25) is 4.79 Å². The Morgan fingerprint density at radius 3 is 2.40 bits per heavy atom. The van der Waals surface area contributed by atoms with Gasteiger partial charge < -0.3 is 14.4 Å². The van der Waals surface area contributed by atoms with Crippen LogP contribution in [0.25, 0.3) is 0 Å². The van der Waals surface area contributed by atoms with Gasteiger partial charge in [0.25, 0.3) is 0 Å². The fraction of sp³-hybridized carbons (Fsp3) is 0.600. The summed E-state index contributed by atoms with van der Waals surface area (Å²) >= 11 is 0. The van der Waals surface area contributed by atoms with Crippen molar-refractivity contribution in [3.63, 3.8) is 0 Å². The number of esters is 1. The average Bonchev–Trinajstić information content (AvgIpc) is 3.26. The lowest BCUT2D eigenvalue weighted by Gasteiger charge is -2.34. The smallest absolute Gasteiger partial charge is 0.410 e. The summed E-state index contributed by atoms with van der Waals surface area (Å²) in [5.74, 6) is -0.119. The number of nitrogens with zero attached hydrogens (tertiary/aromatic N) is 1. The van der Waals surface area contributed by atoms with Gasteiger partial charge in [-0.1, -0.05) is 30.3 Å². The van der Waals surface area contributed by atoms with E-state index in [4.69, 9.17) is 9.47 Å². The van der Waals surface area contributed by atoms with Crippen molar-refractivity contribution < 1.29 is 19.1 Å². The molecule has 5 heteroatoms. The van der Waals surface area contributed by atoms with E-state index in [1.54, 1.807) is 4.90 Å². The zero-order valence-electron chi connectivity index (χ0n) is 15.3. The van der Waals surface area contributed by atoms with Crippen molar-refractivity contribution in [1.82, 2.24) is 4.90 Å². The molecule has 2 fully saturated rings. The maximum Gasteiger partial charge on any atom is 0.410 e. The number of ether oxygens (including phenoxy) is 2. The first-order chi connectivity index (χ1) is 11.8. The Balaban J connectivity index is 1.45. The van der Waals surface area contributed by atoms with Gasteiger partial charge in [-0.05, 0) is 51.0 Å². The summed E-state index contributed by atoms with van der Waals surface area (Å²) in [5.41, 5.74) is 0.562. The summed E-state index contributed by atoms with van der Waals surface area (Å²) in [6.45, 7) is 7.24. The summed E-state index contributed by atoms with van der Waals surface area (Å²) in [6, 6.07) is 9.73.